The van der Waals surface area contributed by atoms with Gasteiger partial charge in [0.1, 0.15) is 24.0 Å². The van der Waals surface area contributed by atoms with Crippen LogP contribution in [-0.4, -0.2) is 62.6 Å². The monoisotopic (exact) mass is 568 g/mol. The van der Waals surface area contributed by atoms with Gasteiger partial charge in [0.05, 0.1) is 18.3 Å². The fraction of sp³-hybridized carbons (Fsp3) is 0.286. The van der Waals surface area contributed by atoms with Crippen LogP contribution in [0.3, 0.4) is 0 Å². The van der Waals surface area contributed by atoms with Crippen molar-refractivity contribution in [3.8, 4) is 5.75 Å². The summed E-state index contributed by atoms with van der Waals surface area (Å²) < 4.78 is 31.9. The number of hydrogen-bond acceptors (Lipinski definition) is 7. The van der Waals surface area contributed by atoms with Crippen LogP contribution in [0.5, 0.6) is 5.75 Å². The largest absolute Gasteiger partial charge is 0.495 e. The molecule has 1 atom stereocenters. The second-order valence-electron chi connectivity index (χ2n) is 8.99. The minimum Gasteiger partial charge on any atom is -0.495 e. The summed E-state index contributed by atoms with van der Waals surface area (Å²) in [6.07, 6.45) is 1.08. The number of sulfonamides is 1. The van der Waals surface area contributed by atoms with Gasteiger partial charge in [0, 0.05) is 31.6 Å². The second kappa shape index (κ2) is 13.6. The molecule has 0 bridgehead atoms. The highest BCUT2D eigenvalue weighted by atomic mass is 32.2. The summed E-state index contributed by atoms with van der Waals surface area (Å²) in [5, 5.41) is 14.2. The van der Waals surface area contributed by atoms with Crippen molar-refractivity contribution in [2.75, 3.05) is 30.8 Å². The Kier molecular flexibility index (Phi) is 10.2. The number of nitro benzene ring substituents is 1. The molecular formula is C28H32N4O7S. The van der Waals surface area contributed by atoms with Crippen molar-refractivity contribution in [1.82, 2.24) is 10.2 Å². The molecule has 40 heavy (non-hydrogen) atoms. The van der Waals surface area contributed by atoms with Gasteiger partial charge in [-0.05, 0) is 24.1 Å². The highest BCUT2D eigenvalue weighted by Gasteiger charge is 2.34. The summed E-state index contributed by atoms with van der Waals surface area (Å²) in [5.41, 5.74) is 1.01. The maximum Gasteiger partial charge on any atom is 0.271 e. The Morgan fingerprint density at radius 2 is 1.60 bits per heavy atom. The van der Waals surface area contributed by atoms with Crippen molar-refractivity contribution >= 4 is 33.2 Å². The van der Waals surface area contributed by atoms with E-state index in [0.29, 0.717) is 6.54 Å². The Balaban J connectivity index is 2.09. The lowest BCUT2D eigenvalue weighted by Gasteiger charge is -2.33. The molecular weight excluding hydrogens is 536 g/mol. The highest BCUT2D eigenvalue weighted by molar-refractivity contribution is 7.92. The molecule has 0 aliphatic carbocycles. The minimum atomic E-state index is -4.13. The number of nitrogens with zero attached hydrogens (tertiary/aromatic N) is 3. The first-order valence-corrected chi connectivity index (χ1v) is 14.3. The summed E-state index contributed by atoms with van der Waals surface area (Å²) in [6.45, 7) is 1.41. The van der Waals surface area contributed by atoms with E-state index in [1.165, 1.54) is 24.1 Å². The molecule has 0 spiro atoms. The quantitative estimate of drug-likeness (QED) is 0.247. The number of benzene rings is 3. The van der Waals surface area contributed by atoms with E-state index in [1.807, 2.05) is 36.4 Å². The van der Waals surface area contributed by atoms with Gasteiger partial charge in [-0.15, -0.1) is 0 Å². The van der Waals surface area contributed by atoms with Crippen molar-refractivity contribution in [2.24, 2.45) is 0 Å². The van der Waals surface area contributed by atoms with Crippen molar-refractivity contribution in [3.05, 3.63) is 100 Å². The predicted octanol–water partition coefficient (Wildman–Crippen LogP) is 3.15. The Labute approximate surface area is 233 Å². The van der Waals surface area contributed by atoms with Crippen LogP contribution in [0.4, 0.5) is 11.4 Å². The molecule has 3 rings (SSSR count). The molecule has 3 aromatic rings. The summed E-state index contributed by atoms with van der Waals surface area (Å²) in [7, 11) is -2.84. The molecule has 212 valence electrons. The molecule has 0 aliphatic heterocycles. The lowest BCUT2D eigenvalue weighted by atomic mass is 10.0. The number of likely N-dealkylation sites (N-methyl/N-ethyl adjacent to an activating group) is 1. The molecule has 1 N–H and O–H groups in total. The number of rotatable bonds is 13. The number of hydrogen-bond donors (Lipinski definition) is 1. The average molecular weight is 569 g/mol. The van der Waals surface area contributed by atoms with Gasteiger partial charge in [-0.3, -0.25) is 24.0 Å². The fourth-order valence-corrected chi connectivity index (χ4v) is 5.05. The van der Waals surface area contributed by atoms with Crippen LogP contribution < -0.4 is 14.4 Å². The van der Waals surface area contributed by atoms with E-state index in [4.69, 9.17) is 4.74 Å². The maximum atomic E-state index is 14.0. The Morgan fingerprint density at radius 3 is 2.12 bits per heavy atom. The van der Waals surface area contributed by atoms with Crippen LogP contribution in [0.2, 0.25) is 0 Å². The molecule has 12 heteroatoms. The molecule has 1 unspecified atom stereocenters. The molecule has 0 saturated carbocycles. The number of carbonyl (C=O) groups excluding carboxylic acids is 2. The van der Waals surface area contributed by atoms with Crippen LogP contribution in [0, 0.1) is 10.1 Å². The summed E-state index contributed by atoms with van der Waals surface area (Å²) in [5.74, 6) is -1.03. The number of ether oxygens (including phenoxy) is 1. The van der Waals surface area contributed by atoms with Crippen LogP contribution in [0.25, 0.3) is 0 Å². The lowest BCUT2D eigenvalue weighted by Crippen LogP contribution is -2.53. The van der Waals surface area contributed by atoms with Crippen molar-refractivity contribution in [1.29, 1.82) is 0 Å². The van der Waals surface area contributed by atoms with Crippen molar-refractivity contribution in [2.45, 2.75) is 25.9 Å². The number of nitro groups is 1. The first-order chi connectivity index (χ1) is 19.0. The molecule has 0 heterocycles. The first-order valence-electron chi connectivity index (χ1n) is 12.5. The SMILES string of the molecule is CCNC(=O)C(Cc1ccccc1)N(Cc1ccccc1)C(=O)CN(c1cc([N+](=O)[O-])ccc1OC)S(C)(=O)=O. The minimum absolute atomic E-state index is 0.0258. The normalized spacial score (nSPS) is 11.8. The van der Waals surface area contributed by atoms with Gasteiger partial charge in [0.2, 0.25) is 21.8 Å². The number of anilines is 1. The number of non-ortho nitro benzene ring substituents is 1. The van der Waals surface area contributed by atoms with Gasteiger partial charge >= 0.3 is 0 Å². The average Bonchev–Trinajstić information content (AvgIpc) is 2.93. The van der Waals surface area contributed by atoms with Gasteiger partial charge in [-0.2, -0.15) is 0 Å². The van der Waals surface area contributed by atoms with Crippen molar-refractivity contribution < 1.29 is 27.7 Å². The molecule has 0 fully saturated rings. The predicted molar refractivity (Wildman–Crippen MR) is 151 cm³/mol. The molecule has 3 aromatic carbocycles. The van der Waals surface area contributed by atoms with E-state index in [2.05, 4.69) is 5.32 Å². The number of methoxy groups -OCH3 is 1. The van der Waals surface area contributed by atoms with E-state index in [-0.39, 0.29) is 30.1 Å². The summed E-state index contributed by atoms with van der Waals surface area (Å²) in [6, 6.07) is 20.7. The van der Waals surface area contributed by atoms with Crippen LogP contribution in [0.1, 0.15) is 18.1 Å². The first kappa shape index (κ1) is 30.1. The van der Waals surface area contributed by atoms with E-state index >= 15 is 0 Å². The van der Waals surface area contributed by atoms with E-state index in [0.717, 1.165) is 27.8 Å². The third kappa shape index (κ3) is 7.79. The zero-order valence-electron chi connectivity index (χ0n) is 22.5. The second-order valence-corrected chi connectivity index (χ2v) is 10.9. The van der Waals surface area contributed by atoms with Gasteiger partial charge in [0.25, 0.3) is 5.69 Å². The third-order valence-electron chi connectivity index (χ3n) is 6.14. The van der Waals surface area contributed by atoms with Gasteiger partial charge in [0.15, 0.2) is 0 Å². The molecule has 0 radical (unpaired) electrons. The van der Waals surface area contributed by atoms with Crippen molar-refractivity contribution in [3.63, 3.8) is 0 Å². The lowest BCUT2D eigenvalue weighted by molar-refractivity contribution is -0.384. The van der Waals surface area contributed by atoms with Gasteiger partial charge < -0.3 is 15.0 Å². The fourth-order valence-electron chi connectivity index (χ4n) is 4.21. The molecule has 11 nitrogen and oxygen atoms in total. The third-order valence-corrected chi connectivity index (χ3v) is 7.27. The highest BCUT2D eigenvalue weighted by Crippen LogP contribution is 2.34. The zero-order valence-corrected chi connectivity index (χ0v) is 23.3. The zero-order chi connectivity index (χ0) is 29.3. The topological polar surface area (TPSA) is 139 Å². The Bertz CT molecular complexity index is 1430. The Morgan fingerprint density at radius 1 is 1.00 bits per heavy atom. The number of nitrogens with one attached hydrogen (secondary N) is 1. The molecule has 2 amide bonds. The Hall–Kier alpha value is -4.45. The van der Waals surface area contributed by atoms with Gasteiger partial charge in [-0.25, -0.2) is 8.42 Å². The summed E-state index contributed by atoms with van der Waals surface area (Å²) >= 11 is 0. The van der Waals surface area contributed by atoms with E-state index in [1.54, 1.807) is 31.2 Å². The standard InChI is InChI=1S/C28H32N4O7S/c1-4-29-28(34)25(17-21-11-7-5-8-12-21)30(19-22-13-9-6-10-14-22)27(33)20-31(40(3,37)38)24-18-23(32(35)36)15-16-26(24)39-2/h5-16,18,25H,4,17,19-20H2,1-3H3,(H,29,34). The van der Waals surface area contributed by atoms with E-state index < -0.39 is 39.3 Å². The van der Waals surface area contributed by atoms with Crippen LogP contribution in [0.15, 0.2) is 78.9 Å². The van der Waals surface area contributed by atoms with E-state index in [9.17, 15) is 28.1 Å². The van der Waals surface area contributed by atoms with Crippen LogP contribution in [-0.2, 0) is 32.6 Å². The smallest absolute Gasteiger partial charge is 0.271 e. The number of amides is 2. The van der Waals surface area contributed by atoms with Crippen LogP contribution >= 0.6 is 0 Å². The summed E-state index contributed by atoms with van der Waals surface area (Å²) in [4.78, 5) is 39.4. The molecule has 0 saturated heterocycles. The molecule has 0 aromatic heterocycles. The maximum absolute atomic E-state index is 14.0. The molecule has 0 aliphatic rings. The van der Waals surface area contributed by atoms with Gasteiger partial charge in [-0.1, -0.05) is 60.7 Å². The number of carbonyl (C=O) groups is 2.